The molecule has 0 bridgehead atoms. The molecule has 1 aromatic carbocycles. The maximum Gasteiger partial charge on any atom is 0.0935 e. The lowest BCUT2D eigenvalue weighted by molar-refractivity contribution is 0.590. The van der Waals surface area contributed by atoms with Crippen LogP contribution in [0, 0.1) is 11.3 Å². The minimum absolute atomic E-state index is 0.0190. The predicted octanol–water partition coefficient (Wildman–Crippen LogP) is 3.99. The first-order valence-electron chi connectivity index (χ1n) is 5.10. The Labute approximate surface area is 96.5 Å². The van der Waals surface area contributed by atoms with Crippen molar-refractivity contribution in [3.8, 4) is 6.07 Å². The third-order valence-electron chi connectivity index (χ3n) is 2.22. The first kappa shape index (κ1) is 12.1. The Morgan fingerprint density at radius 1 is 1.20 bits per heavy atom. The van der Waals surface area contributed by atoms with E-state index in [0.29, 0.717) is 0 Å². The molecule has 0 aliphatic heterocycles. The molecule has 0 aromatic heterocycles. The zero-order valence-corrected chi connectivity index (χ0v) is 10.6. The molecule has 0 aliphatic carbocycles. The van der Waals surface area contributed by atoms with Crippen LogP contribution in [0.4, 0.5) is 0 Å². The molecule has 0 saturated heterocycles. The highest BCUT2D eigenvalue weighted by molar-refractivity contribution is 8.00. The molecule has 0 saturated carbocycles. The van der Waals surface area contributed by atoms with Crippen LogP contribution in [0.1, 0.15) is 33.3 Å². The van der Waals surface area contributed by atoms with Crippen LogP contribution in [0.2, 0.25) is 0 Å². The summed E-state index contributed by atoms with van der Waals surface area (Å²) >= 11 is 1.60. The van der Waals surface area contributed by atoms with E-state index in [2.05, 4.69) is 51.1 Å². The summed E-state index contributed by atoms with van der Waals surface area (Å²) in [7, 11) is 0. The van der Waals surface area contributed by atoms with Gasteiger partial charge in [0, 0.05) is 4.90 Å². The molecule has 80 valence electrons. The van der Waals surface area contributed by atoms with Gasteiger partial charge in [-0.1, -0.05) is 32.9 Å². The molecule has 0 N–H and O–H groups in total. The molecule has 15 heavy (non-hydrogen) atoms. The Kier molecular flexibility index (Phi) is 3.82. The van der Waals surface area contributed by atoms with Crippen molar-refractivity contribution in [3.63, 3.8) is 0 Å². The summed E-state index contributed by atoms with van der Waals surface area (Å²) in [6.07, 6.45) is 0. The smallest absolute Gasteiger partial charge is 0.0935 e. The van der Waals surface area contributed by atoms with Crippen LogP contribution in [0.3, 0.4) is 0 Å². The molecule has 0 unspecified atom stereocenters. The standard InChI is InChI=1S/C13H17NS/c1-10(9-14)15-12-7-5-11(6-8-12)13(2,3)4/h5-8,10H,1-4H3/t10-/m1/s1. The summed E-state index contributed by atoms with van der Waals surface area (Å²) in [5, 5.41) is 8.73. The molecule has 1 aromatic rings. The minimum Gasteiger partial charge on any atom is -0.197 e. The molecule has 0 fully saturated rings. The number of hydrogen-bond acceptors (Lipinski definition) is 2. The van der Waals surface area contributed by atoms with Gasteiger partial charge in [0.1, 0.15) is 0 Å². The molecular formula is C13H17NS. The summed E-state index contributed by atoms with van der Waals surface area (Å²) in [5.41, 5.74) is 1.53. The van der Waals surface area contributed by atoms with Crippen molar-refractivity contribution in [2.75, 3.05) is 0 Å². The first-order valence-corrected chi connectivity index (χ1v) is 5.98. The van der Waals surface area contributed by atoms with Crippen LogP contribution < -0.4 is 0 Å². The van der Waals surface area contributed by atoms with Gasteiger partial charge in [0.25, 0.3) is 0 Å². The van der Waals surface area contributed by atoms with E-state index in [1.165, 1.54) is 5.56 Å². The Balaban J connectivity index is 2.78. The molecule has 1 atom stereocenters. The molecule has 1 nitrogen and oxygen atoms in total. The molecule has 1 rings (SSSR count). The van der Waals surface area contributed by atoms with E-state index < -0.39 is 0 Å². The summed E-state index contributed by atoms with van der Waals surface area (Å²) in [6.45, 7) is 8.52. The fourth-order valence-electron chi connectivity index (χ4n) is 1.26. The van der Waals surface area contributed by atoms with Crippen LogP contribution in [0.25, 0.3) is 0 Å². The van der Waals surface area contributed by atoms with E-state index in [1.54, 1.807) is 11.8 Å². The molecule has 0 spiro atoms. The fourth-order valence-corrected chi connectivity index (χ4v) is 2.02. The Bertz CT molecular complexity index is 354. The van der Waals surface area contributed by atoms with Gasteiger partial charge in [-0.25, -0.2) is 0 Å². The zero-order chi connectivity index (χ0) is 11.5. The van der Waals surface area contributed by atoms with Gasteiger partial charge in [0.05, 0.1) is 11.3 Å². The summed E-state index contributed by atoms with van der Waals surface area (Å²) in [4.78, 5) is 1.16. The number of thioether (sulfide) groups is 1. The van der Waals surface area contributed by atoms with Gasteiger partial charge < -0.3 is 0 Å². The first-order chi connectivity index (χ1) is 6.93. The highest BCUT2D eigenvalue weighted by Crippen LogP contribution is 2.27. The van der Waals surface area contributed by atoms with Crippen LogP contribution in [-0.4, -0.2) is 5.25 Å². The Morgan fingerprint density at radius 3 is 2.13 bits per heavy atom. The molecular weight excluding hydrogens is 202 g/mol. The van der Waals surface area contributed by atoms with E-state index in [1.807, 2.05) is 6.92 Å². The van der Waals surface area contributed by atoms with Crippen LogP contribution in [0.5, 0.6) is 0 Å². The third kappa shape index (κ3) is 3.60. The molecule has 0 amide bonds. The maximum atomic E-state index is 8.71. The van der Waals surface area contributed by atoms with E-state index in [-0.39, 0.29) is 10.7 Å². The number of nitriles is 1. The van der Waals surface area contributed by atoms with Crippen molar-refractivity contribution < 1.29 is 0 Å². The lowest BCUT2D eigenvalue weighted by Crippen LogP contribution is -2.10. The van der Waals surface area contributed by atoms with E-state index >= 15 is 0 Å². The molecule has 0 aliphatic rings. The average molecular weight is 219 g/mol. The van der Waals surface area contributed by atoms with Crippen molar-refractivity contribution in [3.05, 3.63) is 29.8 Å². The van der Waals surface area contributed by atoms with Crippen LogP contribution in [-0.2, 0) is 5.41 Å². The third-order valence-corrected chi connectivity index (χ3v) is 3.22. The lowest BCUT2D eigenvalue weighted by atomic mass is 9.87. The highest BCUT2D eigenvalue weighted by Gasteiger charge is 2.13. The van der Waals surface area contributed by atoms with Gasteiger partial charge in [-0.15, -0.1) is 11.8 Å². The van der Waals surface area contributed by atoms with Crippen molar-refractivity contribution in [2.24, 2.45) is 0 Å². The second kappa shape index (κ2) is 4.72. The summed E-state index contributed by atoms with van der Waals surface area (Å²) in [5.74, 6) is 0. The molecule has 0 radical (unpaired) electrons. The second-order valence-electron chi connectivity index (χ2n) is 4.66. The monoisotopic (exact) mass is 219 g/mol. The van der Waals surface area contributed by atoms with Crippen molar-refractivity contribution in [2.45, 2.75) is 43.3 Å². The largest absolute Gasteiger partial charge is 0.197 e. The Morgan fingerprint density at radius 2 is 1.73 bits per heavy atom. The van der Waals surface area contributed by atoms with E-state index in [0.717, 1.165) is 4.90 Å². The van der Waals surface area contributed by atoms with Crippen molar-refractivity contribution in [1.29, 1.82) is 5.26 Å². The SMILES string of the molecule is C[C@H](C#N)Sc1ccc(C(C)(C)C)cc1. The summed E-state index contributed by atoms with van der Waals surface area (Å²) < 4.78 is 0. The van der Waals surface area contributed by atoms with Gasteiger partial charge in [-0.2, -0.15) is 5.26 Å². The minimum atomic E-state index is 0.0190. The molecule has 2 heteroatoms. The predicted molar refractivity (Wildman–Crippen MR) is 66.1 cm³/mol. The van der Waals surface area contributed by atoms with Gasteiger partial charge >= 0.3 is 0 Å². The fraction of sp³-hybridized carbons (Fsp3) is 0.462. The quantitative estimate of drug-likeness (QED) is 0.702. The maximum absolute atomic E-state index is 8.71. The van der Waals surface area contributed by atoms with Gasteiger partial charge in [0.2, 0.25) is 0 Å². The summed E-state index contributed by atoms with van der Waals surface area (Å²) in [6, 6.07) is 10.7. The zero-order valence-electron chi connectivity index (χ0n) is 9.74. The highest BCUT2D eigenvalue weighted by atomic mass is 32.2. The average Bonchev–Trinajstić information content (AvgIpc) is 2.17. The van der Waals surface area contributed by atoms with E-state index in [9.17, 15) is 0 Å². The van der Waals surface area contributed by atoms with Crippen LogP contribution in [0.15, 0.2) is 29.2 Å². The van der Waals surface area contributed by atoms with Crippen molar-refractivity contribution in [1.82, 2.24) is 0 Å². The van der Waals surface area contributed by atoms with Gasteiger partial charge in [0.15, 0.2) is 0 Å². The van der Waals surface area contributed by atoms with Crippen LogP contribution >= 0.6 is 11.8 Å². The van der Waals surface area contributed by atoms with Gasteiger partial charge in [-0.05, 0) is 30.0 Å². The number of benzene rings is 1. The van der Waals surface area contributed by atoms with Crippen molar-refractivity contribution >= 4 is 11.8 Å². The second-order valence-corrected chi connectivity index (χ2v) is 6.08. The number of rotatable bonds is 2. The molecule has 0 heterocycles. The van der Waals surface area contributed by atoms with Gasteiger partial charge in [-0.3, -0.25) is 0 Å². The normalized spacial score (nSPS) is 13.3. The number of nitrogens with zero attached hydrogens (tertiary/aromatic N) is 1. The lowest BCUT2D eigenvalue weighted by Gasteiger charge is -2.19. The topological polar surface area (TPSA) is 23.8 Å². The Hall–Kier alpha value is -0.940. The van der Waals surface area contributed by atoms with E-state index in [4.69, 9.17) is 5.26 Å². The number of hydrogen-bond donors (Lipinski definition) is 0.